The second-order valence-corrected chi connectivity index (χ2v) is 5.59. The lowest BCUT2D eigenvalue weighted by molar-refractivity contribution is 0.0489. The first-order valence-electron chi connectivity index (χ1n) is 6.65. The van der Waals surface area contributed by atoms with Crippen LogP contribution < -0.4 is 10.9 Å². The van der Waals surface area contributed by atoms with Crippen molar-refractivity contribution in [3.05, 3.63) is 35.4 Å². The minimum atomic E-state index is -0.488. The van der Waals surface area contributed by atoms with Gasteiger partial charge in [-0.25, -0.2) is 10.2 Å². The molecule has 4 nitrogen and oxygen atoms in total. The molecule has 0 spiro atoms. The van der Waals surface area contributed by atoms with Gasteiger partial charge in [0.05, 0.1) is 0 Å². The second kappa shape index (κ2) is 6.57. The number of benzene rings is 1. The molecule has 0 fully saturated rings. The van der Waals surface area contributed by atoms with E-state index in [-0.39, 0.29) is 6.04 Å². The second-order valence-electron chi connectivity index (χ2n) is 5.59. The summed E-state index contributed by atoms with van der Waals surface area (Å²) in [6.07, 6.45) is 0.558. The number of rotatable bonds is 4. The van der Waals surface area contributed by atoms with Crippen LogP contribution in [0.1, 0.15) is 51.8 Å². The summed E-state index contributed by atoms with van der Waals surface area (Å²) in [7, 11) is 0. The Morgan fingerprint density at radius 3 is 2.32 bits per heavy atom. The molecule has 19 heavy (non-hydrogen) atoms. The van der Waals surface area contributed by atoms with E-state index in [1.165, 1.54) is 5.56 Å². The molecule has 0 saturated carbocycles. The number of amides is 1. The van der Waals surface area contributed by atoms with Gasteiger partial charge in [0.1, 0.15) is 5.60 Å². The zero-order valence-electron chi connectivity index (χ0n) is 12.4. The molecular formula is C15H24N2O2. The molecule has 0 aliphatic heterocycles. The zero-order valence-corrected chi connectivity index (χ0v) is 12.4. The average molecular weight is 264 g/mol. The molecule has 106 valence electrons. The number of carbonyl (C=O) groups is 1. The maximum absolute atomic E-state index is 11.5. The van der Waals surface area contributed by atoms with Crippen LogP contribution in [-0.2, 0) is 11.2 Å². The number of carbonyl (C=O) groups excluding carboxylic acids is 1. The van der Waals surface area contributed by atoms with Crippen LogP contribution in [0.5, 0.6) is 0 Å². The van der Waals surface area contributed by atoms with E-state index in [1.807, 2.05) is 27.7 Å². The highest BCUT2D eigenvalue weighted by Crippen LogP contribution is 2.13. The molecule has 0 bridgehead atoms. The number of nitrogens with one attached hydrogen (secondary N) is 2. The third kappa shape index (κ3) is 5.75. The molecule has 1 amide bonds. The van der Waals surface area contributed by atoms with Crippen LogP contribution in [0, 0.1) is 0 Å². The molecule has 0 aliphatic rings. The molecule has 0 radical (unpaired) electrons. The number of hydrogen-bond donors (Lipinski definition) is 2. The van der Waals surface area contributed by atoms with E-state index < -0.39 is 11.7 Å². The van der Waals surface area contributed by atoms with Crippen LogP contribution in [0.2, 0.25) is 0 Å². The molecule has 4 heteroatoms. The van der Waals surface area contributed by atoms with E-state index >= 15 is 0 Å². The SMILES string of the molecule is CCc1ccc(C(C)NNC(=O)OC(C)(C)C)cc1. The highest BCUT2D eigenvalue weighted by molar-refractivity contribution is 5.67. The minimum absolute atomic E-state index is 0.0263. The average Bonchev–Trinajstić information content (AvgIpc) is 2.34. The summed E-state index contributed by atoms with van der Waals surface area (Å²) in [5.41, 5.74) is 7.42. The van der Waals surface area contributed by atoms with E-state index in [2.05, 4.69) is 42.0 Å². The Bertz CT molecular complexity index is 407. The van der Waals surface area contributed by atoms with E-state index in [0.29, 0.717) is 0 Å². The van der Waals surface area contributed by atoms with Gasteiger partial charge in [-0.2, -0.15) is 0 Å². The van der Waals surface area contributed by atoms with Crippen molar-refractivity contribution in [2.75, 3.05) is 0 Å². The van der Waals surface area contributed by atoms with Gasteiger partial charge in [-0.05, 0) is 45.2 Å². The lowest BCUT2D eigenvalue weighted by Crippen LogP contribution is -2.42. The topological polar surface area (TPSA) is 50.4 Å². The highest BCUT2D eigenvalue weighted by Gasteiger charge is 2.16. The van der Waals surface area contributed by atoms with Gasteiger partial charge in [-0.1, -0.05) is 31.2 Å². The van der Waals surface area contributed by atoms with Gasteiger partial charge >= 0.3 is 6.09 Å². The van der Waals surface area contributed by atoms with E-state index in [0.717, 1.165) is 12.0 Å². The molecule has 0 aromatic heterocycles. The third-order valence-corrected chi connectivity index (χ3v) is 2.68. The molecule has 1 aromatic rings. The monoisotopic (exact) mass is 264 g/mol. The smallest absolute Gasteiger partial charge is 0.422 e. The Balaban J connectivity index is 2.46. The Morgan fingerprint density at radius 2 is 1.84 bits per heavy atom. The lowest BCUT2D eigenvalue weighted by Gasteiger charge is -2.21. The lowest BCUT2D eigenvalue weighted by atomic mass is 10.1. The van der Waals surface area contributed by atoms with Crippen LogP contribution in [0.25, 0.3) is 0 Å². The van der Waals surface area contributed by atoms with Crippen molar-refractivity contribution in [3.63, 3.8) is 0 Å². The molecule has 0 saturated heterocycles. The van der Waals surface area contributed by atoms with Crippen molar-refractivity contribution in [1.29, 1.82) is 0 Å². The van der Waals surface area contributed by atoms with Gasteiger partial charge in [-0.15, -0.1) is 0 Å². The normalized spacial score (nSPS) is 12.9. The van der Waals surface area contributed by atoms with E-state index in [9.17, 15) is 4.79 Å². The third-order valence-electron chi connectivity index (χ3n) is 2.68. The van der Waals surface area contributed by atoms with Gasteiger partial charge < -0.3 is 4.74 Å². The summed E-state index contributed by atoms with van der Waals surface area (Å²) >= 11 is 0. The standard InChI is InChI=1S/C15H24N2O2/c1-6-12-7-9-13(10-8-12)11(2)16-17-14(18)19-15(3,4)5/h7-11,16H,6H2,1-5H3,(H,17,18). The Hall–Kier alpha value is -1.55. The summed E-state index contributed by atoms with van der Waals surface area (Å²) in [6.45, 7) is 9.61. The number of hydrogen-bond acceptors (Lipinski definition) is 3. The molecule has 1 atom stereocenters. The number of hydrazine groups is 1. The number of aryl methyl sites for hydroxylation is 1. The molecular weight excluding hydrogens is 240 g/mol. The molecule has 1 unspecified atom stereocenters. The zero-order chi connectivity index (χ0) is 14.5. The van der Waals surface area contributed by atoms with Crippen LogP contribution >= 0.6 is 0 Å². The van der Waals surface area contributed by atoms with Gasteiger partial charge in [0.2, 0.25) is 0 Å². The van der Waals surface area contributed by atoms with Gasteiger partial charge in [0, 0.05) is 6.04 Å². The van der Waals surface area contributed by atoms with Gasteiger partial charge in [-0.3, -0.25) is 5.43 Å². The minimum Gasteiger partial charge on any atom is -0.443 e. The summed E-state index contributed by atoms with van der Waals surface area (Å²) < 4.78 is 5.15. The van der Waals surface area contributed by atoms with Crippen molar-refractivity contribution in [2.24, 2.45) is 0 Å². The fourth-order valence-electron chi connectivity index (χ4n) is 1.60. The van der Waals surface area contributed by atoms with Crippen molar-refractivity contribution in [3.8, 4) is 0 Å². The molecule has 2 N–H and O–H groups in total. The fraction of sp³-hybridized carbons (Fsp3) is 0.533. The van der Waals surface area contributed by atoms with Crippen LogP contribution in [0.3, 0.4) is 0 Å². The van der Waals surface area contributed by atoms with E-state index in [4.69, 9.17) is 4.74 Å². The first-order valence-corrected chi connectivity index (χ1v) is 6.65. The molecule has 0 aliphatic carbocycles. The van der Waals surface area contributed by atoms with Crippen molar-refractivity contribution in [1.82, 2.24) is 10.9 Å². The maximum Gasteiger partial charge on any atom is 0.422 e. The summed E-state index contributed by atoms with van der Waals surface area (Å²) in [6, 6.07) is 8.35. The van der Waals surface area contributed by atoms with Crippen LogP contribution in [-0.4, -0.2) is 11.7 Å². The summed E-state index contributed by atoms with van der Waals surface area (Å²) in [5, 5.41) is 0. The van der Waals surface area contributed by atoms with Crippen molar-refractivity contribution in [2.45, 2.75) is 52.7 Å². The van der Waals surface area contributed by atoms with Gasteiger partial charge in [0.25, 0.3) is 0 Å². The quantitative estimate of drug-likeness (QED) is 0.820. The number of ether oxygens (including phenoxy) is 1. The van der Waals surface area contributed by atoms with Crippen molar-refractivity contribution < 1.29 is 9.53 Å². The van der Waals surface area contributed by atoms with Crippen LogP contribution in [0.4, 0.5) is 4.79 Å². The molecule has 1 aromatic carbocycles. The Morgan fingerprint density at radius 1 is 1.26 bits per heavy atom. The fourth-order valence-corrected chi connectivity index (χ4v) is 1.60. The van der Waals surface area contributed by atoms with E-state index in [1.54, 1.807) is 0 Å². The first kappa shape index (κ1) is 15.5. The van der Waals surface area contributed by atoms with Crippen LogP contribution in [0.15, 0.2) is 24.3 Å². The predicted molar refractivity (Wildman–Crippen MR) is 76.7 cm³/mol. The maximum atomic E-state index is 11.5. The Kier molecular flexibility index (Phi) is 5.36. The largest absolute Gasteiger partial charge is 0.443 e. The summed E-state index contributed by atoms with van der Waals surface area (Å²) in [4.78, 5) is 11.5. The first-order chi connectivity index (χ1) is 8.81. The van der Waals surface area contributed by atoms with Crippen molar-refractivity contribution >= 4 is 6.09 Å². The molecule has 1 rings (SSSR count). The van der Waals surface area contributed by atoms with Gasteiger partial charge in [0.15, 0.2) is 0 Å². The Labute approximate surface area is 115 Å². The highest BCUT2D eigenvalue weighted by atomic mass is 16.6. The molecule has 0 heterocycles. The summed E-state index contributed by atoms with van der Waals surface area (Å²) in [5.74, 6) is 0. The predicted octanol–water partition coefficient (Wildman–Crippen LogP) is 3.34.